The number of hydrogen-bond acceptors (Lipinski definition) is 5. The number of likely N-dealkylation sites (N-methyl/N-ethyl adjacent to an activating group) is 1. The van der Waals surface area contributed by atoms with Crippen LogP contribution in [0.15, 0.2) is 60.9 Å². The molecule has 172 valence electrons. The molecule has 0 unspecified atom stereocenters. The maximum atomic E-state index is 12.5. The summed E-state index contributed by atoms with van der Waals surface area (Å²) in [6.45, 7) is 4.69. The number of piperazine rings is 1. The van der Waals surface area contributed by atoms with Crippen LogP contribution >= 0.6 is 23.2 Å². The van der Waals surface area contributed by atoms with Gasteiger partial charge >= 0.3 is 0 Å². The van der Waals surface area contributed by atoms with Crippen LogP contribution in [0.3, 0.4) is 0 Å². The lowest BCUT2D eigenvalue weighted by molar-refractivity contribution is -0.118. The second kappa shape index (κ2) is 11.0. The van der Waals surface area contributed by atoms with E-state index in [0.29, 0.717) is 21.5 Å². The first-order valence-corrected chi connectivity index (χ1v) is 11.6. The minimum absolute atomic E-state index is 0.109. The molecule has 6 nitrogen and oxygen atoms in total. The Morgan fingerprint density at radius 2 is 1.85 bits per heavy atom. The topological polar surface area (TPSA) is 57.7 Å². The van der Waals surface area contributed by atoms with E-state index in [1.165, 1.54) is 0 Å². The molecule has 4 rings (SSSR count). The average molecular weight is 485 g/mol. The summed E-state index contributed by atoms with van der Waals surface area (Å²) in [4.78, 5) is 21.4. The minimum atomic E-state index is -0.268. The van der Waals surface area contributed by atoms with E-state index in [1.807, 2.05) is 30.5 Å². The Kier molecular flexibility index (Phi) is 7.83. The van der Waals surface area contributed by atoms with Crippen LogP contribution in [0.4, 0.5) is 5.69 Å². The van der Waals surface area contributed by atoms with Crippen LogP contribution in [0, 0.1) is 0 Å². The summed E-state index contributed by atoms with van der Waals surface area (Å²) >= 11 is 12.0. The normalized spacial score (nSPS) is 14.8. The fraction of sp³-hybridized carbons (Fsp3) is 0.280. The number of nitrogens with zero attached hydrogens (tertiary/aromatic N) is 3. The molecule has 0 radical (unpaired) electrons. The number of benzene rings is 2. The van der Waals surface area contributed by atoms with Crippen molar-refractivity contribution in [3.05, 3.63) is 76.5 Å². The van der Waals surface area contributed by atoms with E-state index in [0.717, 1.165) is 49.4 Å². The zero-order chi connectivity index (χ0) is 23.2. The summed E-state index contributed by atoms with van der Waals surface area (Å²) in [5.41, 5.74) is 3.73. The average Bonchev–Trinajstić information content (AvgIpc) is 2.82. The van der Waals surface area contributed by atoms with Gasteiger partial charge in [-0.05, 0) is 49.0 Å². The summed E-state index contributed by atoms with van der Waals surface area (Å²) in [5, 5.41) is 3.62. The third-order valence-electron chi connectivity index (χ3n) is 5.61. The first-order chi connectivity index (χ1) is 16.0. The highest BCUT2D eigenvalue weighted by atomic mass is 35.5. The molecule has 0 atom stereocenters. The molecule has 1 amide bonds. The molecule has 8 heteroatoms. The molecular formula is C25H26Cl2N4O2. The molecule has 1 aromatic heterocycles. The third-order valence-corrected chi connectivity index (χ3v) is 6.35. The molecule has 1 fully saturated rings. The highest BCUT2D eigenvalue weighted by molar-refractivity contribution is 6.42. The fourth-order valence-electron chi connectivity index (χ4n) is 3.72. The second-order valence-corrected chi connectivity index (χ2v) is 8.92. The van der Waals surface area contributed by atoms with Crippen LogP contribution in [0.2, 0.25) is 10.0 Å². The molecule has 0 spiro atoms. The number of halogens is 2. The quantitative estimate of drug-likeness (QED) is 0.520. The van der Waals surface area contributed by atoms with Gasteiger partial charge in [0.05, 0.1) is 10.0 Å². The van der Waals surface area contributed by atoms with E-state index < -0.39 is 0 Å². The molecule has 2 heterocycles. The molecule has 3 aromatic rings. The molecular weight excluding hydrogens is 459 g/mol. The van der Waals surface area contributed by atoms with Gasteiger partial charge in [0.2, 0.25) is 0 Å². The van der Waals surface area contributed by atoms with Gasteiger partial charge in [-0.2, -0.15) is 0 Å². The van der Waals surface area contributed by atoms with Gasteiger partial charge in [0.25, 0.3) is 5.91 Å². The van der Waals surface area contributed by atoms with Crippen molar-refractivity contribution in [1.29, 1.82) is 0 Å². The molecule has 1 aliphatic heterocycles. The SMILES string of the molecule is CN1CCN(Cc2cc(-c3cccnc3)ccc2OCC(=O)Nc2ccc(Cl)c(Cl)c2)CC1. The van der Waals surface area contributed by atoms with Gasteiger partial charge in [0, 0.05) is 61.9 Å². The van der Waals surface area contributed by atoms with Gasteiger partial charge in [0.15, 0.2) is 6.61 Å². The lowest BCUT2D eigenvalue weighted by Crippen LogP contribution is -2.43. The standard InChI is InChI=1S/C25H26Cl2N4O2/c1-30-9-11-31(12-10-30)16-20-13-18(19-3-2-8-28-15-19)4-7-24(20)33-17-25(32)29-21-5-6-22(26)23(27)14-21/h2-8,13-15H,9-12,16-17H2,1H3,(H,29,32). The summed E-state index contributed by atoms with van der Waals surface area (Å²) in [7, 11) is 2.14. The van der Waals surface area contributed by atoms with Crippen molar-refractivity contribution < 1.29 is 9.53 Å². The second-order valence-electron chi connectivity index (χ2n) is 8.11. The Labute approximate surface area is 204 Å². The first kappa shape index (κ1) is 23.5. The zero-order valence-corrected chi connectivity index (χ0v) is 19.9. The first-order valence-electron chi connectivity index (χ1n) is 10.8. The number of ether oxygens (including phenoxy) is 1. The Morgan fingerprint density at radius 1 is 1.03 bits per heavy atom. The van der Waals surface area contributed by atoms with Gasteiger partial charge < -0.3 is 15.0 Å². The maximum absolute atomic E-state index is 12.5. The van der Waals surface area contributed by atoms with Crippen LogP contribution in [0.1, 0.15) is 5.56 Å². The van der Waals surface area contributed by atoms with E-state index in [-0.39, 0.29) is 12.5 Å². The van der Waals surface area contributed by atoms with Crippen molar-refractivity contribution in [3.63, 3.8) is 0 Å². The number of carbonyl (C=O) groups is 1. The van der Waals surface area contributed by atoms with Crippen molar-refractivity contribution in [1.82, 2.24) is 14.8 Å². The smallest absolute Gasteiger partial charge is 0.262 e. The number of hydrogen-bond donors (Lipinski definition) is 1. The molecule has 0 bridgehead atoms. The molecule has 33 heavy (non-hydrogen) atoms. The van der Waals surface area contributed by atoms with E-state index in [9.17, 15) is 4.79 Å². The largest absolute Gasteiger partial charge is 0.483 e. The van der Waals surface area contributed by atoms with E-state index in [1.54, 1.807) is 24.4 Å². The Morgan fingerprint density at radius 3 is 2.58 bits per heavy atom. The lowest BCUT2D eigenvalue weighted by atomic mass is 10.0. The van der Waals surface area contributed by atoms with Crippen molar-refractivity contribution >= 4 is 34.8 Å². The van der Waals surface area contributed by atoms with Crippen molar-refractivity contribution in [2.45, 2.75) is 6.54 Å². The van der Waals surface area contributed by atoms with Gasteiger partial charge in [-0.25, -0.2) is 0 Å². The van der Waals surface area contributed by atoms with Crippen LogP contribution < -0.4 is 10.1 Å². The number of anilines is 1. The molecule has 0 saturated carbocycles. The number of aromatic nitrogens is 1. The van der Waals surface area contributed by atoms with Crippen LogP contribution in [-0.2, 0) is 11.3 Å². The van der Waals surface area contributed by atoms with Crippen molar-refractivity contribution in [3.8, 4) is 16.9 Å². The monoisotopic (exact) mass is 484 g/mol. The number of pyridine rings is 1. The van der Waals surface area contributed by atoms with Crippen molar-refractivity contribution in [2.24, 2.45) is 0 Å². The van der Waals surface area contributed by atoms with Gasteiger partial charge in [-0.3, -0.25) is 14.7 Å². The summed E-state index contributed by atoms with van der Waals surface area (Å²) in [6.07, 6.45) is 3.61. The summed E-state index contributed by atoms with van der Waals surface area (Å²) in [5.74, 6) is 0.432. The van der Waals surface area contributed by atoms with Gasteiger partial charge in [0.1, 0.15) is 5.75 Å². The third kappa shape index (κ3) is 6.45. The summed E-state index contributed by atoms with van der Waals surface area (Å²) < 4.78 is 5.95. The van der Waals surface area contributed by atoms with Gasteiger partial charge in [-0.1, -0.05) is 35.3 Å². The van der Waals surface area contributed by atoms with Gasteiger partial charge in [-0.15, -0.1) is 0 Å². The number of amides is 1. The Bertz CT molecular complexity index is 1100. The Hall–Kier alpha value is -2.64. The van der Waals surface area contributed by atoms with Crippen molar-refractivity contribution in [2.75, 3.05) is 45.2 Å². The highest BCUT2D eigenvalue weighted by Gasteiger charge is 2.17. The summed E-state index contributed by atoms with van der Waals surface area (Å²) in [6, 6.07) is 15.0. The highest BCUT2D eigenvalue weighted by Crippen LogP contribution is 2.28. The lowest BCUT2D eigenvalue weighted by Gasteiger charge is -2.32. The molecule has 0 aliphatic carbocycles. The molecule has 1 N–H and O–H groups in total. The molecule has 1 saturated heterocycles. The maximum Gasteiger partial charge on any atom is 0.262 e. The number of carbonyl (C=O) groups excluding carboxylic acids is 1. The minimum Gasteiger partial charge on any atom is -0.483 e. The molecule has 1 aliphatic rings. The number of rotatable bonds is 7. The van der Waals surface area contributed by atoms with Crippen LogP contribution in [0.25, 0.3) is 11.1 Å². The number of nitrogens with one attached hydrogen (secondary N) is 1. The van der Waals surface area contributed by atoms with E-state index in [2.05, 4.69) is 33.2 Å². The zero-order valence-electron chi connectivity index (χ0n) is 18.4. The molecule has 2 aromatic carbocycles. The van der Waals surface area contributed by atoms with Crippen LogP contribution in [-0.4, -0.2) is 60.5 Å². The predicted octanol–water partition coefficient (Wildman–Crippen LogP) is 4.82. The van der Waals surface area contributed by atoms with E-state index >= 15 is 0 Å². The fourth-order valence-corrected chi connectivity index (χ4v) is 4.02. The van der Waals surface area contributed by atoms with Crippen LogP contribution in [0.5, 0.6) is 5.75 Å². The van der Waals surface area contributed by atoms with E-state index in [4.69, 9.17) is 27.9 Å². The Balaban J connectivity index is 1.48. The predicted molar refractivity (Wildman–Crippen MR) is 133 cm³/mol.